The van der Waals surface area contributed by atoms with E-state index in [1.54, 1.807) is 0 Å². The van der Waals surface area contributed by atoms with Gasteiger partial charge in [0, 0.05) is 44.8 Å². The lowest BCUT2D eigenvalue weighted by Gasteiger charge is -2.28. The van der Waals surface area contributed by atoms with Crippen molar-refractivity contribution in [3.63, 3.8) is 0 Å². The van der Waals surface area contributed by atoms with E-state index in [4.69, 9.17) is 0 Å². The van der Waals surface area contributed by atoms with Gasteiger partial charge in [0.1, 0.15) is 0 Å². The van der Waals surface area contributed by atoms with Gasteiger partial charge in [-0.15, -0.1) is 0 Å². The molecule has 0 bridgehead atoms. The molecule has 1 saturated heterocycles. The topological polar surface area (TPSA) is 18.8 Å². The smallest absolute Gasteiger partial charge is 0.0631 e. The van der Waals surface area contributed by atoms with E-state index in [1.165, 1.54) is 43.7 Å². The first-order chi connectivity index (χ1) is 11.2. The van der Waals surface area contributed by atoms with E-state index in [2.05, 4.69) is 51.2 Å². The monoisotopic (exact) mass is 307 g/mol. The Labute approximate surface area is 139 Å². The Hall–Kier alpha value is -2.29. The fourth-order valence-corrected chi connectivity index (χ4v) is 2.91. The Kier molecular flexibility index (Phi) is 4.96. The molecule has 23 heavy (non-hydrogen) atoms. The van der Waals surface area contributed by atoms with Gasteiger partial charge in [0.15, 0.2) is 0 Å². The number of aliphatic imine (C=N–C) groups is 1. The van der Waals surface area contributed by atoms with Crippen molar-refractivity contribution in [2.45, 2.75) is 19.3 Å². The van der Waals surface area contributed by atoms with Crippen LogP contribution in [0.25, 0.3) is 0 Å². The molecule has 0 atom stereocenters. The molecule has 0 aliphatic carbocycles. The van der Waals surface area contributed by atoms with Crippen LogP contribution in [0.2, 0.25) is 0 Å². The highest BCUT2D eigenvalue weighted by molar-refractivity contribution is 5.82. The second-order valence-electron chi connectivity index (χ2n) is 6.31. The summed E-state index contributed by atoms with van der Waals surface area (Å²) < 4.78 is 0. The molecule has 0 spiro atoms. The maximum atomic E-state index is 4.56. The Morgan fingerprint density at radius 3 is 2.13 bits per heavy atom. The Bertz CT molecular complexity index is 636. The molecule has 0 saturated carbocycles. The first-order valence-electron chi connectivity index (χ1n) is 8.39. The summed E-state index contributed by atoms with van der Waals surface area (Å²) in [4.78, 5) is 9.13. The molecule has 0 N–H and O–H groups in total. The van der Waals surface area contributed by atoms with Gasteiger partial charge in [-0.3, -0.25) is 4.99 Å². The number of rotatable bonds is 4. The van der Waals surface area contributed by atoms with Crippen molar-refractivity contribution in [3.8, 4) is 0 Å². The van der Waals surface area contributed by atoms with Gasteiger partial charge in [-0.25, -0.2) is 0 Å². The SMILES string of the molecule is CN(C)c1ccc(N=Cc2ccc(N3CCCCC3)cc2)cc1. The standard InChI is InChI=1S/C20H25N3/c1-22(2)19-12-8-18(9-13-19)21-16-17-6-10-20(11-7-17)23-14-4-3-5-15-23/h6-13,16H,3-5,14-15H2,1-2H3. The average Bonchev–Trinajstić information content (AvgIpc) is 2.61. The van der Waals surface area contributed by atoms with Gasteiger partial charge in [0.2, 0.25) is 0 Å². The van der Waals surface area contributed by atoms with Crippen LogP contribution in [-0.2, 0) is 0 Å². The van der Waals surface area contributed by atoms with Crippen LogP contribution >= 0.6 is 0 Å². The molecule has 3 rings (SSSR count). The summed E-state index contributed by atoms with van der Waals surface area (Å²) in [6.45, 7) is 2.37. The molecule has 1 aliphatic heterocycles. The normalized spacial score (nSPS) is 15.1. The zero-order valence-electron chi connectivity index (χ0n) is 14.1. The van der Waals surface area contributed by atoms with Crippen molar-refractivity contribution in [3.05, 3.63) is 54.1 Å². The van der Waals surface area contributed by atoms with E-state index in [9.17, 15) is 0 Å². The third kappa shape index (κ3) is 4.13. The highest BCUT2D eigenvalue weighted by Crippen LogP contribution is 2.21. The lowest BCUT2D eigenvalue weighted by atomic mass is 10.1. The molecule has 1 aliphatic rings. The number of anilines is 2. The summed E-state index contributed by atoms with van der Waals surface area (Å²) in [5, 5.41) is 0. The highest BCUT2D eigenvalue weighted by Gasteiger charge is 2.10. The molecule has 2 aromatic carbocycles. The number of benzene rings is 2. The van der Waals surface area contributed by atoms with E-state index >= 15 is 0 Å². The molecule has 1 heterocycles. The molecule has 2 aromatic rings. The van der Waals surface area contributed by atoms with Gasteiger partial charge in [-0.05, 0) is 61.2 Å². The number of hydrogen-bond acceptors (Lipinski definition) is 3. The van der Waals surface area contributed by atoms with Crippen molar-refractivity contribution in [2.24, 2.45) is 4.99 Å². The minimum absolute atomic E-state index is 0.982. The number of piperidine rings is 1. The van der Waals surface area contributed by atoms with E-state index in [1.807, 2.05) is 32.4 Å². The molecule has 3 nitrogen and oxygen atoms in total. The van der Waals surface area contributed by atoms with Crippen LogP contribution in [0, 0.1) is 0 Å². The van der Waals surface area contributed by atoms with Crippen LogP contribution in [0.1, 0.15) is 24.8 Å². The molecular formula is C20H25N3. The van der Waals surface area contributed by atoms with Crippen molar-refractivity contribution >= 4 is 23.3 Å². The second-order valence-corrected chi connectivity index (χ2v) is 6.31. The molecule has 1 fully saturated rings. The van der Waals surface area contributed by atoms with Crippen LogP contribution in [-0.4, -0.2) is 33.4 Å². The minimum atomic E-state index is 0.982. The van der Waals surface area contributed by atoms with E-state index in [0.717, 1.165) is 11.3 Å². The second kappa shape index (κ2) is 7.32. The van der Waals surface area contributed by atoms with Crippen molar-refractivity contribution in [1.29, 1.82) is 0 Å². The van der Waals surface area contributed by atoms with Crippen molar-refractivity contribution < 1.29 is 0 Å². The maximum absolute atomic E-state index is 4.56. The van der Waals surface area contributed by atoms with E-state index in [-0.39, 0.29) is 0 Å². The van der Waals surface area contributed by atoms with Crippen molar-refractivity contribution in [1.82, 2.24) is 0 Å². The summed E-state index contributed by atoms with van der Waals surface area (Å²) in [5.74, 6) is 0. The Balaban J connectivity index is 1.65. The lowest BCUT2D eigenvalue weighted by molar-refractivity contribution is 0.578. The molecule has 0 unspecified atom stereocenters. The quantitative estimate of drug-likeness (QED) is 0.775. The van der Waals surface area contributed by atoms with Gasteiger partial charge in [-0.2, -0.15) is 0 Å². The largest absolute Gasteiger partial charge is 0.378 e. The van der Waals surface area contributed by atoms with Crippen LogP contribution in [0.4, 0.5) is 17.1 Å². The number of nitrogens with zero attached hydrogens (tertiary/aromatic N) is 3. The van der Waals surface area contributed by atoms with Gasteiger partial charge < -0.3 is 9.80 Å². The first kappa shape index (κ1) is 15.6. The van der Waals surface area contributed by atoms with Gasteiger partial charge >= 0.3 is 0 Å². The summed E-state index contributed by atoms with van der Waals surface area (Å²) in [6, 6.07) is 17.0. The average molecular weight is 307 g/mol. The number of hydrogen-bond donors (Lipinski definition) is 0. The molecule has 0 aromatic heterocycles. The fraction of sp³-hybridized carbons (Fsp3) is 0.350. The maximum Gasteiger partial charge on any atom is 0.0631 e. The zero-order chi connectivity index (χ0) is 16.1. The van der Waals surface area contributed by atoms with E-state index < -0.39 is 0 Å². The molecule has 3 heteroatoms. The van der Waals surface area contributed by atoms with Crippen LogP contribution in [0.5, 0.6) is 0 Å². The third-order valence-electron chi connectivity index (χ3n) is 4.34. The van der Waals surface area contributed by atoms with Gasteiger partial charge in [0.25, 0.3) is 0 Å². The molecule has 0 radical (unpaired) electrons. The molecule has 0 amide bonds. The predicted octanol–water partition coefficient (Wildman–Crippen LogP) is 4.49. The lowest BCUT2D eigenvalue weighted by Crippen LogP contribution is -2.29. The third-order valence-corrected chi connectivity index (χ3v) is 4.34. The Morgan fingerprint density at radius 1 is 0.870 bits per heavy atom. The predicted molar refractivity (Wildman–Crippen MR) is 101 cm³/mol. The van der Waals surface area contributed by atoms with Crippen LogP contribution in [0.15, 0.2) is 53.5 Å². The summed E-state index contributed by atoms with van der Waals surface area (Å²) >= 11 is 0. The molecule has 120 valence electrons. The summed E-state index contributed by atoms with van der Waals surface area (Å²) in [6.07, 6.45) is 5.93. The highest BCUT2D eigenvalue weighted by atomic mass is 15.1. The van der Waals surface area contributed by atoms with Gasteiger partial charge in [0.05, 0.1) is 5.69 Å². The summed E-state index contributed by atoms with van der Waals surface area (Å²) in [7, 11) is 4.09. The first-order valence-corrected chi connectivity index (χ1v) is 8.39. The zero-order valence-corrected chi connectivity index (χ0v) is 14.1. The van der Waals surface area contributed by atoms with Crippen molar-refractivity contribution in [2.75, 3.05) is 37.0 Å². The van der Waals surface area contributed by atoms with Gasteiger partial charge in [-0.1, -0.05) is 12.1 Å². The Morgan fingerprint density at radius 2 is 1.52 bits per heavy atom. The summed E-state index contributed by atoms with van der Waals surface area (Å²) in [5.41, 5.74) is 4.64. The minimum Gasteiger partial charge on any atom is -0.378 e. The molecular weight excluding hydrogens is 282 g/mol. The van der Waals surface area contributed by atoms with Crippen LogP contribution in [0.3, 0.4) is 0 Å². The fourth-order valence-electron chi connectivity index (χ4n) is 2.91. The van der Waals surface area contributed by atoms with Crippen LogP contribution < -0.4 is 9.80 Å². The van der Waals surface area contributed by atoms with E-state index in [0.29, 0.717) is 0 Å².